The minimum Gasteiger partial charge on any atom is -0.383 e. The molecular formula is C10H15ClN4O3S. The number of ether oxygens (including phenoxy) is 1. The first kappa shape index (κ1) is 15.9. The first-order valence-corrected chi connectivity index (χ1v) is 7.29. The van der Waals surface area contributed by atoms with Gasteiger partial charge in [-0.05, 0) is 0 Å². The quantitative estimate of drug-likeness (QED) is 0.737. The van der Waals surface area contributed by atoms with E-state index in [-0.39, 0.29) is 36.3 Å². The third kappa shape index (κ3) is 3.67. The van der Waals surface area contributed by atoms with Crippen LogP contribution in [0.3, 0.4) is 0 Å². The summed E-state index contributed by atoms with van der Waals surface area (Å²) in [6, 6.07) is 1.91. The molecule has 0 aliphatic carbocycles. The topological polar surface area (TPSA) is 88.2 Å². The van der Waals surface area contributed by atoms with Gasteiger partial charge in [-0.1, -0.05) is 11.6 Å². The Bertz CT molecular complexity index is 564. The van der Waals surface area contributed by atoms with Crippen molar-refractivity contribution in [2.24, 2.45) is 7.05 Å². The Hall–Kier alpha value is -1.14. The highest BCUT2D eigenvalue weighted by molar-refractivity contribution is 7.89. The van der Waals surface area contributed by atoms with Crippen LogP contribution < -0.4 is 0 Å². The van der Waals surface area contributed by atoms with Gasteiger partial charge in [-0.25, -0.2) is 13.4 Å². The largest absolute Gasteiger partial charge is 0.383 e. The van der Waals surface area contributed by atoms with Crippen LogP contribution >= 0.6 is 11.6 Å². The molecule has 19 heavy (non-hydrogen) atoms. The molecule has 0 radical (unpaired) electrons. The number of rotatable bonds is 7. The summed E-state index contributed by atoms with van der Waals surface area (Å²) in [6.45, 7) is 0.456. The van der Waals surface area contributed by atoms with Crippen molar-refractivity contribution < 1.29 is 13.2 Å². The minimum atomic E-state index is -3.82. The predicted molar refractivity (Wildman–Crippen MR) is 69.1 cm³/mol. The summed E-state index contributed by atoms with van der Waals surface area (Å²) in [6.07, 6.45) is 1.42. The first-order valence-electron chi connectivity index (χ1n) is 5.48. The lowest BCUT2D eigenvalue weighted by atomic mass is 10.4. The van der Waals surface area contributed by atoms with Crippen LogP contribution in [0.1, 0.15) is 6.42 Å². The Morgan fingerprint density at radius 2 is 2.26 bits per heavy atom. The van der Waals surface area contributed by atoms with Gasteiger partial charge in [-0.3, -0.25) is 0 Å². The Morgan fingerprint density at radius 1 is 1.58 bits per heavy atom. The van der Waals surface area contributed by atoms with E-state index in [1.807, 2.05) is 6.07 Å². The smallest absolute Gasteiger partial charge is 0.263 e. The number of nitriles is 1. The molecule has 0 atom stereocenters. The van der Waals surface area contributed by atoms with Gasteiger partial charge in [0.15, 0.2) is 0 Å². The van der Waals surface area contributed by atoms with Crippen molar-refractivity contribution in [1.29, 1.82) is 5.26 Å². The maximum Gasteiger partial charge on any atom is 0.263 e. The molecule has 0 spiro atoms. The van der Waals surface area contributed by atoms with Gasteiger partial charge in [0, 0.05) is 33.7 Å². The monoisotopic (exact) mass is 306 g/mol. The zero-order chi connectivity index (χ0) is 14.5. The number of imidazole rings is 1. The van der Waals surface area contributed by atoms with Crippen LogP contribution in [0.4, 0.5) is 0 Å². The maximum atomic E-state index is 12.4. The molecular weight excluding hydrogens is 292 g/mol. The number of nitrogens with zero attached hydrogens (tertiary/aromatic N) is 4. The molecule has 0 unspecified atom stereocenters. The van der Waals surface area contributed by atoms with Crippen molar-refractivity contribution >= 4 is 21.6 Å². The second kappa shape index (κ2) is 6.86. The van der Waals surface area contributed by atoms with E-state index in [1.54, 1.807) is 7.05 Å². The van der Waals surface area contributed by atoms with E-state index in [0.29, 0.717) is 0 Å². The molecule has 0 saturated heterocycles. The third-order valence-corrected chi connectivity index (χ3v) is 4.83. The summed E-state index contributed by atoms with van der Waals surface area (Å²) >= 11 is 5.90. The summed E-state index contributed by atoms with van der Waals surface area (Å²) in [5.74, 6) is 0. The summed E-state index contributed by atoms with van der Waals surface area (Å²) in [7, 11) is -0.742. The molecule has 0 fully saturated rings. The molecule has 1 heterocycles. The van der Waals surface area contributed by atoms with Crippen LogP contribution in [0.2, 0.25) is 5.15 Å². The van der Waals surface area contributed by atoms with Crippen molar-refractivity contribution in [1.82, 2.24) is 13.9 Å². The average Bonchev–Trinajstić information content (AvgIpc) is 2.70. The number of methoxy groups -OCH3 is 1. The molecule has 1 rings (SSSR count). The lowest BCUT2D eigenvalue weighted by Gasteiger charge is -2.19. The lowest BCUT2D eigenvalue weighted by Crippen LogP contribution is -2.35. The Kier molecular flexibility index (Phi) is 5.75. The summed E-state index contributed by atoms with van der Waals surface area (Å²) < 4.78 is 32.2. The third-order valence-electron chi connectivity index (χ3n) is 2.44. The fourth-order valence-corrected chi connectivity index (χ4v) is 3.22. The summed E-state index contributed by atoms with van der Waals surface area (Å²) in [5.41, 5.74) is 0. The van der Waals surface area contributed by atoms with Gasteiger partial charge < -0.3 is 9.30 Å². The number of hydrogen-bond donors (Lipinski definition) is 0. The van der Waals surface area contributed by atoms with Crippen LogP contribution in [0.15, 0.2) is 11.4 Å². The van der Waals surface area contributed by atoms with Gasteiger partial charge in [0.2, 0.25) is 5.03 Å². The molecule has 0 bridgehead atoms. The standard InChI is InChI=1S/C10H15ClN4O3S/c1-14-8-13-10(9(14)11)19(16,17)15(5-3-4-12)6-7-18-2/h8H,3,5-7H2,1-2H3. The number of halogens is 1. The fourth-order valence-electron chi connectivity index (χ4n) is 1.41. The van der Waals surface area contributed by atoms with Crippen molar-refractivity contribution in [3.8, 4) is 6.07 Å². The van der Waals surface area contributed by atoms with Gasteiger partial charge in [-0.2, -0.15) is 9.57 Å². The van der Waals surface area contributed by atoms with E-state index in [0.717, 1.165) is 4.31 Å². The second-order valence-electron chi connectivity index (χ2n) is 3.76. The molecule has 0 saturated carbocycles. The zero-order valence-electron chi connectivity index (χ0n) is 10.7. The normalized spacial score (nSPS) is 11.7. The second-order valence-corrected chi connectivity index (χ2v) is 5.97. The minimum absolute atomic E-state index is 0.0411. The molecule has 9 heteroatoms. The van der Waals surface area contributed by atoms with E-state index in [4.69, 9.17) is 21.6 Å². The molecule has 0 aliphatic heterocycles. The van der Waals surface area contributed by atoms with Crippen LogP contribution in [-0.2, 0) is 21.8 Å². The molecule has 106 valence electrons. The molecule has 1 aromatic rings. The van der Waals surface area contributed by atoms with Gasteiger partial charge in [-0.15, -0.1) is 0 Å². The Balaban J connectivity index is 3.05. The van der Waals surface area contributed by atoms with Crippen LogP contribution in [0, 0.1) is 11.3 Å². The predicted octanol–water partition coefficient (Wildman–Crippen LogP) is 0.624. The fraction of sp³-hybridized carbons (Fsp3) is 0.600. The van der Waals surface area contributed by atoms with Gasteiger partial charge >= 0.3 is 0 Å². The zero-order valence-corrected chi connectivity index (χ0v) is 12.3. The van der Waals surface area contributed by atoms with E-state index < -0.39 is 10.0 Å². The van der Waals surface area contributed by atoms with E-state index >= 15 is 0 Å². The molecule has 0 aliphatic rings. The van der Waals surface area contributed by atoms with E-state index in [2.05, 4.69) is 4.98 Å². The van der Waals surface area contributed by atoms with E-state index in [1.165, 1.54) is 18.0 Å². The number of sulfonamides is 1. The highest BCUT2D eigenvalue weighted by Crippen LogP contribution is 2.22. The average molecular weight is 307 g/mol. The lowest BCUT2D eigenvalue weighted by molar-refractivity contribution is 0.179. The SMILES string of the molecule is COCCN(CCC#N)S(=O)(=O)c1ncn(C)c1Cl. The molecule has 1 aromatic heterocycles. The Morgan fingerprint density at radius 3 is 2.74 bits per heavy atom. The Labute approximate surface area is 117 Å². The molecule has 0 aromatic carbocycles. The van der Waals surface area contributed by atoms with Crippen molar-refractivity contribution in [3.63, 3.8) is 0 Å². The van der Waals surface area contributed by atoms with Crippen LogP contribution in [0.25, 0.3) is 0 Å². The van der Waals surface area contributed by atoms with Gasteiger partial charge in [0.05, 0.1) is 19.0 Å². The molecule has 0 amide bonds. The molecule has 7 nitrogen and oxygen atoms in total. The summed E-state index contributed by atoms with van der Waals surface area (Å²) in [4.78, 5) is 3.80. The van der Waals surface area contributed by atoms with Gasteiger partial charge in [0.25, 0.3) is 10.0 Å². The molecule has 0 N–H and O–H groups in total. The van der Waals surface area contributed by atoms with Gasteiger partial charge in [0.1, 0.15) is 5.15 Å². The number of aryl methyl sites for hydroxylation is 1. The highest BCUT2D eigenvalue weighted by atomic mass is 35.5. The van der Waals surface area contributed by atoms with Crippen LogP contribution in [0.5, 0.6) is 0 Å². The summed E-state index contributed by atoms with van der Waals surface area (Å²) in [5, 5.41) is 8.43. The first-order chi connectivity index (χ1) is 8.95. The number of hydrogen-bond acceptors (Lipinski definition) is 5. The maximum absolute atomic E-state index is 12.4. The van der Waals surface area contributed by atoms with Crippen molar-refractivity contribution in [2.75, 3.05) is 26.8 Å². The van der Waals surface area contributed by atoms with Crippen molar-refractivity contribution in [3.05, 3.63) is 11.5 Å². The van der Waals surface area contributed by atoms with E-state index in [9.17, 15) is 8.42 Å². The van der Waals surface area contributed by atoms with Crippen molar-refractivity contribution in [2.45, 2.75) is 11.4 Å². The van der Waals surface area contributed by atoms with Crippen LogP contribution in [-0.4, -0.2) is 49.1 Å². The highest BCUT2D eigenvalue weighted by Gasteiger charge is 2.29. The number of aromatic nitrogens is 2.